The molecule has 0 aliphatic heterocycles. The van der Waals surface area contributed by atoms with Crippen molar-refractivity contribution >= 4 is 5.57 Å². The van der Waals surface area contributed by atoms with Crippen LogP contribution >= 0.6 is 0 Å². The van der Waals surface area contributed by atoms with Crippen LogP contribution in [0.25, 0.3) is 5.57 Å². The lowest BCUT2D eigenvalue weighted by Gasteiger charge is -1.93. The lowest BCUT2D eigenvalue weighted by atomic mass is 10.2. The highest BCUT2D eigenvalue weighted by atomic mass is 14.7. The van der Waals surface area contributed by atoms with Crippen molar-refractivity contribution in [3.05, 3.63) is 111 Å². The fraction of sp³-hybridized carbons (Fsp3) is 0.240. The van der Waals surface area contributed by atoms with Crippen LogP contribution in [0.15, 0.2) is 105 Å². The van der Waals surface area contributed by atoms with E-state index in [1.165, 1.54) is 0 Å². The Labute approximate surface area is 173 Å². The van der Waals surface area contributed by atoms with Gasteiger partial charge in [-0.05, 0) is 55.8 Å². The lowest BCUT2D eigenvalue weighted by molar-refractivity contribution is 1.27. The normalized spacial score (nSPS) is 7.21. The standard InChI is InChI=1S/C8H9N.2C5H5N.C3H6.2C2H6/c1-7(2)8-5-3-4-6-9-8;2*1-2-4-6-5-3-1;1-3-2;2*1-2/h3-6H,1H2,2H3;2*1-5H;3H,1H2,2H3;2*1-2H3. The molecule has 0 atom stereocenters. The van der Waals surface area contributed by atoms with Crippen molar-refractivity contribution in [2.24, 2.45) is 0 Å². The van der Waals surface area contributed by atoms with E-state index in [0.29, 0.717) is 0 Å². The van der Waals surface area contributed by atoms with Crippen LogP contribution in [-0.4, -0.2) is 15.0 Å². The molecule has 0 aromatic carbocycles. The molecule has 0 saturated carbocycles. The summed E-state index contributed by atoms with van der Waals surface area (Å²) in [5, 5.41) is 0. The first kappa shape index (κ1) is 29.7. The number of hydrogen-bond donors (Lipinski definition) is 0. The number of hydrogen-bond acceptors (Lipinski definition) is 3. The van der Waals surface area contributed by atoms with E-state index in [4.69, 9.17) is 0 Å². The van der Waals surface area contributed by atoms with Crippen molar-refractivity contribution in [3.8, 4) is 0 Å². The molecule has 3 heterocycles. The number of pyridine rings is 3. The Bertz CT molecular complexity index is 539. The Balaban J connectivity index is -0.000000294. The van der Waals surface area contributed by atoms with Crippen molar-refractivity contribution in [1.29, 1.82) is 0 Å². The van der Waals surface area contributed by atoms with Gasteiger partial charge in [-0.2, -0.15) is 0 Å². The maximum Gasteiger partial charge on any atom is 0.0652 e. The molecule has 28 heavy (non-hydrogen) atoms. The Kier molecular flexibility index (Phi) is 30.4. The van der Waals surface area contributed by atoms with E-state index < -0.39 is 0 Å². The summed E-state index contributed by atoms with van der Waals surface area (Å²) in [6, 6.07) is 17.2. The molecule has 3 heteroatoms. The second-order valence-corrected chi connectivity index (χ2v) is 4.45. The molecule has 3 aromatic rings. The lowest BCUT2D eigenvalue weighted by Crippen LogP contribution is -1.80. The van der Waals surface area contributed by atoms with Crippen molar-refractivity contribution in [3.63, 3.8) is 0 Å². The summed E-state index contributed by atoms with van der Waals surface area (Å²) in [6.45, 7) is 19.0. The van der Waals surface area contributed by atoms with Crippen molar-refractivity contribution in [2.45, 2.75) is 41.5 Å². The molecule has 0 radical (unpaired) electrons. The summed E-state index contributed by atoms with van der Waals surface area (Å²) < 4.78 is 0. The second-order valence-electron chi connectivity index (χ2n) is 4.45. The van der Waals surface area contributed by atoms with Crippen LogP contribution in [-0.2, 0) is 0 Å². The number of nitrogens with zero attached hydrogens (tertiary/aromatic N) is 3. The van der Waals surface area contributed by atoms with Crippen molar-refractivity contribution < 1.29 is 0 Å². The van der Waals surface area contributed by atoms with E-state index in [2.05, 4.69) is 28.1 Å². The third-order valence-electron chi connectivity index (χ3n) is 2.24. The van der Waals surface area contributed by atoms with E-state index in [-0.39, 0.29) is 0 Å². The summed E-state index contributed by atoms with van der Waals surface area (Å²) in [5.74, 6) is 0. The van der Waals surface area contributed by atoms with Gasteiger partial charge in [-0.25, -0.2) is 0 Å². The van der Waals surface area contributed by atoms with Gasteiger partial charge in [0, 0.05) is 31.0 Å². The molecule has 3 nitrogen and oxygen atoms in total. The molecular weight excluding hydrogens is 342 g/mol. The highest BCUT2D eigenvalue weighted by Gasteiger charge is 1.88. The third-order valence-corrected chi connectivity index (χ3v) is 2.24. The predicted octanol–water partition coefficient (Wildman–Crippen LogP) is 7.52. The van der Waals surface area contributed by atoms with Gasteiger partial charge in [-0.3, -0.25) is 15.0 Å². The van der Waals surface area contributed by atoms with Crippen LogP contribution in [0.1, 0.15) is 47.2 Å². The molecule has 0 saturated heterocycles. The minimum Gasteiger partial charge on any atom is -0.265 e. The van der Waals surface area contributed by atoms with Crippen LogP contribution < -0.4 is 0 Å². The summed E-state index contributed by atoms with van der Waals surface area (Å²) in [6.07, 6.45) is 10.5. The summed E-state index contributed by atoms with van der Waals surface area (Å²) >= 11 is 0. The number of allylic oxidation sites excluding steroid dienone is 2. The Morgan fingerprint density at radius 3 is 1.21 bits per heavy atom. The Morgan fingerprint density at radius 2 is 1.07 bits per heavy atom. The molecule has 0 spiro atoms. The summed E-state index contributed by atoms with van der Waals surface area (Å²) in [5.41, 5.74) is 1.98. The topological polar surface area (TPSA) is 38.7 Å². The molecule has 0 amide bonds. The third kappa shape index (κ3) is 25.2. The zero-order valence-electron chi connectivity index (χ0n) is 18.4. The van der Waals surface area contributed by atoms with Crippen LogP contribution in [0, 0.1) is 0 Å². The smallest absolute Gasteiger partial charge is 0.0652 e. The number of aromatic nitrogens is 3. The van der Waals surface area contributed by atoms with Gasteiger partial charge in [0.15, 0.2) is 0 Å². The average Bonchev–Trinajstić information content (AvgIpc) is 2.81. The molecule has 0 unspecified atom stereocenters. The largest absolute Gasteiger partial charge is 0.265 e. The fourth-order valence-electron chi connectivity index (χ4n) is 1.24. The zero-order chi connectivity index (χ0) is 21.9. The van der Waals surface area contributed by atoms with Gasteiger partial charge in [-0.1, -0.05) is 58.5 Å². The first-order valence-corrected chi connectivity index (χ1v) is 9.56. The fourth-order valence-corrected chi connectivity index (χ4v) is 1.24. The molecule has 0 fully saturated rings. The Morgan fingerprint density at radius 1 is 0.714 bits per heavy atom. The van der Waals surface area contributed by atoms with Gasteiger partial charge in [0.05, 0.1) is 5.69 Å². The molecule has 0 aliphatic rings. The minimum absolute atomic E-state index is 0.970. The first-order chi connectivity index (χ1) is 13.7. The van der Waals surface area contributed by atoms with E-state index in [9.17, 15) is 0 Å². The second kappa shape index (κ2) is 28.7. The average molecular weight is 380 g/mol. The molecule has 152 valence electrons. The van der Waals surface area contributed by atoms with Gasteiger partial charge >= 0.3 is 0 Å². The molecule has 3 aromatic heterocycles. The van der Waals surface area contributed by atoms with Crippen molar-refractivity contribution in [1.82, 2.24) is 15.0 Å². The molecule has 0 N–H and O–H groups in total. The van der Waals surface area contributed by atoms with Gasteiger partial charge in [0.1, 0.15) is 0 Å². The monoisotopic (exact) mass is 379 g/mol. The van der Waals surface area contributed by atoms with Crippen molar-refractivity contribution in [2.75, 3.05) is 0 Å². The maximum atomic E-state index is 4.08. The SMILES string of the molecule is C=C(C)c1ccccn1.C=CC.CC.CC.c1ccncc1.c1ccncc1. The highest BCUT2D eigenvalue weighted by molar-refractivity contribution is 5.56. The first-order valence-electron chi connectivity index (χ1n) is 9.56. The van der Waals surface area contributed by atoms with Crippen LogP contribution in [0.3, 0.4) is 0 Å². The number of rotatable bonds is 1. The van der Waals surface area contributed by atoms with Gasteiger partial charge in [0.2, 0.25) is 0 Å². The van der Waals surface area contributed by atoms with Gasteiger partial charge in [-0.15, -0.1) is 6.58 Å². The minimum atomic E-state index is 0.970. The summed E-state index contributed by atoms with van der Waals surface area (Å²) in [7, 11) is 0. The zero-order valence-corrected chi connectivity index (χ0v) is 18.4. The van der Waals surface area contributed by atoms with Crippen LogP contribution in [0.2, 0.25) is 0 Å². The van der Waals surface area contributed by atoms with E-state index in [1.807, 2.05) is 96.1 Å². The quantitative estimate of drug-likeness (QED) is 0.410. The van der Waals surface area contributed by atoms with Crippen LogP contribution in [0.5, 0.6) is 0 Å². The molecule has 0 aliphatic carbocycles. The van der Waals surface area contributed by atoms with Gasteiger partial charge in [0.25, 0.3) is 0 Å². The van der Waals surface area contributed by atoms with Crippen LogP contribution in [0.4, 0.5) is 0 Å². The van der Waals surface area contributed by atoms with E-state index in [1.54, 1.807) is 37.1 Å². The molecule has 0 bridgehead atoms. The molecular formula is C25H37N3. The van der Waals surface area contributed by atoms with E-state index in [0.717, 1.165) is 11.3 Å². The van der Waals surface area contributed by atoms with E-state index >= 15 is 0 Å². The molecule has 3 rings (SSSR count). The Hall–Kier alpha value is -3.07. The van der Waals surface area contributed by atoms with Gasteiger partial charge < -0.3 is 0 Å². The summed E-state index contributed by atoms with van der Waals surface area (Å²) in [4.78, 5) is 11.6. The highest BCUT2D eigenvalue weighted by Crippen LogP contribution is 2.04. The maximum absolute atomic E-state index is 4.08. The predicted molar refractivity (Wildman–Crippen MR) is 126 cm³/mol.